The molecule has 3 rings (SSSR count). The van der Waals surface area contributed by atoms with Crippen molar-refractivity contribution in [2.45, 2.75) is 25.5 Å². The third-order valence-corrected chi connectivity index (χ3v) is 4.16. The van der Waals surface area contributed by atoms with E-state index in [9.17, 15) is 4.79 Å². The maximum absolute atomic E-state index is 11.8. The molecule has 1 N–H and O–H groups in total. The lowest BCUT2D eigenvalue weighted by molar-refractivity contribution is 0.465. The van der Waals surface area contributed by atoms with Gasteiger partial charge in [-0.25, -0.2) is 0 Å². The number of H-pyrrole nitrogens is 1. The SMILES string of the molecule is CC(C)CCSc1nnc(-c2cc(=O)[nH]c3ccccc23)o1. The summed E-state index contributed by atoms with van der Waals surface area (Å²) in [6.07, 6.45) is 1.09. The van der Waals surface area contributed by atoms with Crippen LogP contribution in [0.2, 0.25) is 0 Å². The Morgan fingerprint density at radius 2 is 2.09 bits per heavy atom. The highest BCUT2D eigenvalue weighted by Crippen LogP contribution is 2.28. The first-order valence-electron chi connectivity index (χ1n) is 7.22. The molecule has 0 aliphatic carbocycles. The Kier molecular flexibility index (Phi) is 4.29. The number of fused-ring (bicyclic) bond motifs is 1. The normalized spacial score (nSPS) is 11.4. The summed E-state index contributed by atoms with van der Waals surface area (Å²) >= 11 is 1.55. The molecule has 5 nitrogen and oxygen atoms in total. The molecule has 2 heterocycles. The van der Waals surface area contributed by atoms with Crippen LogP contribution in [-0.2, 0) is 0 Å². The Morgan fingerprint density at radius 1 is 1.27 bits per heavy atom. The topological polar surface area (TPSA) is 71.8 Å². The van der Waals surface area contributed by atoms with Crippen LogP contribution in [0.1, 0.15) is 20.3 Å². The fourth-order valence-corrected chi connectivity index (χ4v) is 3.14. The number of hydrogen-bond donors (Lipinski definition) is 1. The van der Waals surface area contributed by atoms with Crippen LogP contribution in [0.3, 0.4) is 0 Å². The van der Waals surface area contributed by atoms with Gasteiger partial charge in [0.15, 0.2) is 0 Å². The summed E-state index contributed by atoms with van der Waals surface area (Å²) < 4.78 is 5.70. The van der Waals surface area contributed by atoms with Gasteiger partial charge >= 0.3 is 0 Å². The predicted octanol–water partition coefficient (Wildman–Crippen LogP) is 3.72. The van der Waals surface area contributed by atoms with E-state index in [0.29, 0.717) is 22.6 Å². The number of rotatable bonds is 5. The molecule has 0 spiro atoms. The summed E-state index contributed by atoms with van der Waals surface area (Å²) in [7, 11) is 0. The van der Waals surface area contributed by atoms with Crippen molar-refractivity contribution in [3.05, 3.63) is 40.7 Å². The van der Waals surface area contributed by atoms with Gasteiger partial charge in [-0.05, 0) is 18.4 Å². The second-order valence-electron chi connectivity index (χ2n) is 5.50. The minimum Gasteiger partial charge on any atom is -0.411 e. The van der Waals surface area contributed by atoms with E-state index in [-0.39, 0.29) is 5.56 Å². The summed E-state index contributed by atoms with van der Waals surface area (Å²) in [5.74, 6) is 1.97. The van der Waals surface area contributed by atoms with Gasteiger partial charge in [0.2, 0.25) is 11.4 Å². The van der Waals surface area contributed by atoms with Gasteiger partial charge in [-0.1, -0.05) is 43.8 Å². The van der Waals surface area contributed by atoms with E-state index in [2.05, 4.69) is 29.0 Å². The molecule has 0 amide bonds. The van der Waals surface area contributed by atoms with Crippen LogP contribution in [0.25, 0.3) is 22.4 Å². The largest absolute Gasteiger partial charge is 0.411 e. The molecular formula is C16H17N3O2S. The summed E-state index contributed by atoms with van der Waals surface area (Å²) in [6, 6.07) is 9.07. The second-order valence-corrected chi connectivity index (χ2v) is 6.54. The van der Waals surface area contributed by atoms with Crippen molar-refractivity contribution in [1.29, 1.82) is 0 Å². The van der Waals surface area contributed by atoms with Crippen molar-refractivity contribution in [2.75, 3.05) is 5.75 Å². The number of nitrogens with one attached hydrogen (secondary N) is 1. The second kappa shape index (κ2) is 6.36. The monoisotopic (exact) mass is 315 g/mol. The zero-order valence-electron chi connectivity index (χ0n) is 12.5. The van der Waals surface area contributed by atoms with Crippen molar-refractivity contribution < 1.29 is 4.42 Å². The van der Waals surface area contributed by atoms with Gasteiger partial charge in [0.1, 0.15) is 0 Å². The zero-order chi connectivity index (χ0) is 15.5. The van der Waals surface area contributed by atoms with Crippen molar-refractivity contribution in [3.8, 4) is 11.5 Å². The highest BCUT2D eigenvalue weighted by molar-refractivity contribution is 7.99. The Hall–Kier alpha value is -2.08. The van der Waals surface area contributed by atoms with E-state index < -0.39 is 0 Å². The van der Waals surface area contributed by atoms with Crippen molar-refractivity contribution >= 4 is 22.7 Å². The van der Waals surface area contributed by atoms with Crippen LogP contribution < -0.4 is 5.56 Å². The number of aromatic amines is 1. The van der Waals surface area contributed by atoms with Gasteiger partial charge in [0, 0.05) is 22.7 Å². The highest BCUT2D eigenvalue weighted by atomic mass is 32.2. The third-order valence-electron chi connectivity index (χ3n) is 3.31. The summed E-state index contributed by atoms with van der Waals surface area (Å²) in [4.78, 5) is 14.6. The highest BCUT2D eigenvalue weighted by Gasteiger charge is 2.13. The molecule has 0 aliphatic heterocycles. The smallest absolute Gasteiger partial charge is 0.276 e. The number of nitrogens with zero attached hydrogens (tertiary/aromatic N) is 2. The van der Waals surface area contributed by atoms with Crippen LogP contribution >= 0.6 is 11.8 Å². The minimum atomic E-state index is -0.180. The molecule has 0 fully saturated rings. The van der Waals surface area contributed by atoms with E-state index >= 15 is 0 Å². The van der Waals surface area contributed by atoms with Crippen LogP contribution in [0, 0.1) is 5.92 Å². The lowest BCUT2D eigenvalue weighted by Crippen LogP contribution is -2.04. The molecule has 6 heteroatoms. The molecular weight excluding hydrogens is 298 g/mol. The quantitative estimate of drug-likeness (QED) is 0.727. The fourth-order valence-electron chi connectivity index (χ4n) is 2.14. The van der Waals surface area contributed by atoms with Gasteiger partial charge in [-0.3, -0.25) is 4.79 Å². The molecule has 0 saturated heterocycles. The van der Waals surface area contributed by atoms with Gasteiger partial charge in [-0.2, -0.15) is 0 Å². The number of aromatic nitrogens is 3. The molecule has 22 heavy (non-hydrogen) atoms. The molecule has 0 bridgehead atoms. The molecule has 2 aromatic heterocycles. The Labute approximate surface area is 132 Å². The van der Waals surface area contributed by atoms with E-state index in [1.54, 1.807) is 11.8 Å². The standard InChI is InChI=1S/C16H17N3O2S/c1-10(2)7-8-22-16-19-18-15(21-16)12-9-14(20)17-13-6-4-3-5-11(12)13/h3-6,9-10H,7-8H2,1-2H3,(H,17,20). The number of para-hydroxylation sites is 1. The van der Waals surface area contributed by atoms with E-state index in [1.165, 1.54) is 6.07 Å². The van der Waals surface area contributed by atoms with Gasteiger partial charge in [-0.15, -0.1) is 10.2 Å². The molecule has 0 aliphatic rings. The molecule has 0 unspecified atom stereocenters. The lowest BCUT2D eigenvalue weighted by atomic mass is 10.1. The first-order valence-corrected chi connectivity index (χ1v) is 8.21. The van der Waals surface area contributed by atoms with Crippen LogP contribution in [-0.4, -0.2) is 20.9 Å². The molecule has 0 atom stereocenters. The number of thioether (sulfide) groups is 1. The summed E-state index contributed by atoms with van der Waals surface area (Å²) in [6.45, 7) is 4.37. The first kappa shape index (κ1) is 14.8. The number of pyridine rings is 1. The lowest BCUT2D eigenvalue weighted by Gasteiger charge is -2.02. The molecule has 3 aromatic rings. The first-order chi connectivity index (χ1) is 10.6. The predicted molar refractivity (Wildman–Crippen MR) is 88.0 cm³/mol. The Bertz CT molecular complexity index is 839. The summed E-state index contributed by atoms with van der Waals surface area (Å²) in [5, 5.41) is 9.58. The van der Waals surface area contributed by atoms with Crippen molar-refractivity contribution in [2.24, 2.45) is 5.92 Å². The average Bonchev–Trinajstić information content (AvgIpc) is 2.94. The molecule has 0 saturated carbocycles. The summed E-state index contributed by atoms with van der Waals surface area (Å²) in [5.41, 5.74) is 1.25. The number of benzene rings is 1. The van der Waals surface area contributed by atoms with Gasteiger partial charge in [0.05, 0.1) is 5.56 Å². The maximum atomic E-state index is 11.8. The van der Waals surface area contributed by atoms with E-state index in [1.807, 2.05) is 24.3 Å². The van der Waals surface area contributed by atoms with Crippen molar-refractivity contribution in [3.63, 3.8) is 0 Å². The van der Waals surface area contributed by atoms with Gasteiger partial charge < -0.3 is 9.40 Å². The fraction of sp³-hybridized carbons (Fsp3) is 0.312. The van der Waals surface area contributed by atoms with Gasteiger partial charge in [0.25, 0.3) is 5.22 Å². The number of hydrogen-bond acceptors (Lipinski definition) is 5. The Balaban J connectivity index is 1.92. The minimum absolute atomic E-state index is 0.180. The van der Waals surface area contributed by atoms with Crippen LogP contribution in [0.4, 0.5) is 0 Å². The van der Waals surface area contributed by atoms with E-state index in [4.69, 9.17) is 4.42 Å². The third kappa shape index (κ3) is 3.22. The van der Waals surface area contributed by atoms with E-state index in [0.717, 1.165) is 23.1 Å². The molecule has 114 valence electrons. The van der Waals surface area contributed by atoms with Crippen LogP contribution in [0.5, 0.6) is 0 Å². The zero-order valence-corrected chi connectivity index (χ0v) is 13.3. The van der Waals surface area contributed by atoms with Crippen LogP contribution in [0.15, 0.2) is 44.8 Å². The average molecular weight is 315 g/mol. The Morgan fingerprint density at radius 3 is 2.91 bits per heavy atom. The maximum Gasteiger partial charge on any atom is 0.276 e. The molecule has 1 aromatic carbocycles. The molecule has 0 radical (unpaired) electrons. The van der Waals surface area contributed by atoms with Crippen molar-refractivity contribution in [1.82, 2.24) is 15.2 Å².